The summed E-state index contributed by atoms with van der Waals surface area (Å²) in [6.45, 7) is 2.10. The van der Waals surface area contributed by atoms with Crippen LogP contribution >= 0.6 is 23.7 Å². The van der Waals surface area contributed by atoms with Crippen molar-refractivity contribution in [3.63, 3.8) is 0 Å². The van der Waals surface area contributed by atoms with Gasteiger partial charge in [-0.25, -0.2) is 0 Å². The molecule has 3 nitrogen and oxygen atoms in total. The van der Waals surface area contributed by atoms with Crippen molar-refractivity contribution >= 4 is 29.7 Å². The Balaban J connectivity index is 0.00000144. The lowest BCUT2D eigenvalue weighted by molar-refractivity contribution is 0.0725. The number of nitrogens with one attached hydrogen (secondary N) is 1. The molecule has 1 amide bonds. The number of rotatable bonds is 2. The van der Waals surface area contributed by atoms with Gasteiger partial charge in [0.25, 0.3) is 5.91 Å². The molecule has 0 spiro atoms. The molecule has 1 aliphatic heterocycles. The van der Waals surface area contributed by atoms with Gasteiger partial charge in [0.1, 0.15) is 0 Å². The molecule has 2 rings (SSSR count). The predicted octanol–water partition coefficient (Wildman–Crippen LogP) is 2.38. The molecule has 1 aliphatic rings. The van der Waals surface area contributed by atoms with Crippen LogP contribution in [0.3, 0.4) is 0 Å². The van der Waals surface area contributed by atoms with E-state index in [9.17, 15) is 4.79 Å². The van der Waals surface area contributed by atoms with Gasteiger partial charge >= 0.3 is 0 Å². The van der Waals surface area contributed by atoms with Crippen LogP contribution < -0.4 is 5.32 Å². The normalized spacial score (nSPS) is 20.2. The number of amides is 1. The van der Waals surface area contributed by atoms with Gasteiger partial charge < -0.3 is 10.2 Å². The van der Waals surface area contributed by atoms with Crippen molar-refractivity contribution in [1.82, 2.24) is 10.2 Å². The highest BCUT2D eigenvalue weighted by Crippen LogP contribution is 2.17. The summed E-state index contributed by atoms with van der Waals surface area (Å²) in [6.07, 6.45) is 3.33. The molecule has 1 N–H and O–H groups in total. The van der Waals surface area contributed by atoms with Gasteiger partial charge in [0.2, 0.25) is 0 Å². The summed E-state index contributed by atoms with van der Waals surface area (Å²) in [6, 6.07) is 4.23. The van der Waals surface area contributed by atoms with Crippen LogP contribution in [0.25, 0.3) is 0 Å². The minimum Gasteiger partial charge on any atom is -0.338 e. The number of nitrogens with zero attached hydrogens (tertiary/aromatic N) is 1. The maximum Gasteiger partial charge on any atom is 0.263 e. The first kappa shape index (κ1) is 14.5. The quantitative estimate of drug-likeness (QED) is 0.898. The average molecular weight is 275 g/mol. The van der Waals surface area contributed by atoms with E-state index in [-0.39, 0.29) is 18.3 Å². The Labute approximate surface area is 113 Å². The largest absolute Gasteiger partial charge is 0.338 e. The van der Waals surface area contributed by atoms with Gasteiger partial charge in [-0.05, 0) is 43.8 Å². The minimum atomic E-state index is 0. The van der Waals surface area contributed by atoms with Crippen LogP contribution in [-0.2, 0) is 0 Å². The van der Waals surface area contributed by atoms with E-state index in [1.165, 1.54) is 11.3 Å². The molecule has 1 atom stereocenters. The van der Waals surface area contributed by atoms with Crippen LogP contribution in [0.1, 0.15) is 28.9 Å². The fraction of sp³-hybridized carbons (Fsp3) is 0.583. The third-order valence-corrected chi connectivity index (χ3v) is 4.00. The number of hydrogen-bond donors (Lipinski definition) is 1. The fourth-order valence-corrected chi connectivity index (χ4v) is 2.83. The average Bonchev–Trinajstić information content (AvgIpc) is 2.70. The second-order valence-corrected chi connectivity index (χ2v) is 5.18. The molecule has 96 valence electrons. The lowest BCUT2D eigenvalue weighted by Gasteiger charge is -2.26. The molecule has 5 heteroatoms. The predicted molar refractivity (Wildman–Crippen MR) is 74.2 cm³/mol. The molecule has 0 bridgehead atoms. The Morgan fingerprint density at radius 3 is 3.00 bits per heavy atom. The third kappa shape index (κ3) is 3.69. The molecule has 1 unspecified atom stereocenters. The van der Waals surface area contributed by atoms with Crippen LogP contribution in [0.5, 0.6) is 0 Å². The second kappa shape index (κ2) is 6.99. The Kier molecular flexibility index (Phi) is 5.95. The summed E-state index contributed by atoms with van der Waals surface area (Å²) in [7, 11) is 1.93. The Bertz CT molecular complexity index is 334. The van der Waals surface area contributed by atoms with Crippen molar-refractivity contribution in [2.75, 3.05) is 20.1 Å². The maximum atomic E-state index is 12.1. The van der Waals surface area contributed by atoms with Gasteiger partial charge in [0.15, 0.2) is 0 Å². The Morgan fingerprint density at radius 2 is 2.29 bits per heavy atom. The molecule has 1 fully saturated rings. The van der Waals surface area contributed by atoms with Crippen LogP contribution in [0.2, 0.25) is 0 Å². The second-order valence-electron chi connectivity index (χ2n) is 4.23. The topological polar surface area (TPSA) is 32.3 Å². The molecular formula is C12H19ClN2OS. The van der Waals surface area contributed by atoms with Crippen LogP contribution in [-0.4, -0.2) is 37.0 Å². The Morgan fingerprint density at radius 1 is 1.47 bits per heavy atom. The number of thiophene rings is 1. The van der Waals surface area contributed by atoms with Crippen molar-refractivity contribution < 1.29 is 4.79 Å². The molecule has 17 heavy (non-hydrogen) atoms. The smallest absolute Gasteiger partial charge is 0.263 e. The molecule has 1 aromatic heterocycles. The summed E-state index contributed by atoms with van der Waals surface area (Å²) in [5.41, 5.74) is 0. The van der Waals surface area contributed by atoms with Gasteiger partial charge in [-0.2, -0.15) is 0 Å². The van der Waals surface area contributed by atoms with E-state index in [0.29, 0.717) is 6.04 Å². The standard InChI is InChI=1S/C12H18N2OS.ClH/c1-14(10-4-2-7-13-8-6-10)12(15)11-5-3-9-16-11;/h3,5,9-10,13H,2,4,6-8H2,1H3;1H. The van der Waals surface area contributed by atoms with Crippen molar-refractivity contribution in [2.24, 2.45) is 0 Å². The van der Waals surface area contributed by atoms with E-state index in [1.54, 1.807) is 0 Å². The molecular weight excluding hydrogens is 256 g/mol. The number of carbonyl (C=O) groups is 1. The first-order valence-corrected chi connectivity index (χ1v) is 6.68. The first-order chi connectivity index (χ1) is 7.79. The molecule has 0 radical (unpaired) electrons. The zero-order valence-corrected chi connectivity index (χ0v) is 11.6. The summed E-state index contributed by atoms with van der Waals surface area (Å²) in [4.78, 5) is 14.9. The van der Waals surface area contributed by atoms with Gasteiger partial charge in [-0.3, -0.25) is 4.79 Å². The van der Waals surface area contributed by atoms with Crippen LogP contribution in [0.4, 0.5) is 0 Å². The van der Waals surface area contributed by atoms with Crippen molar-refractivity contribution in [3.8, 4) is 0 Å². The molecule has 0 aliphatic carbocycles. The summed E-state index contributed by atoms with van der Waals surface area (Å²) in [5, 5.41) is 5.32. The third-order valence-electron chi connectivity index (χ3n) is 3.15. The lowest BCUT2D eigenvalue weighted by Crippen LogP contribution is -2.37. The minimum absolute atomic E-state index is 0. The number of carbonyl (C=O) groups excluding carboxylic acids is 1. The van der Waals surface area contributed by atoms with Gasteiger partial charge in [0.05, 0.1) is 4.88 Å². The van der Waals surface area contributed by atoms with Gasteiger partial charge in [-0.1, -0.05) is 6.07 Å². The van der Waals surface area contributed by atoms with E-state index in [0.717, 1.165) is 37.2 Å². The highest BCUT2D eigenvalue weighted by Gasteiger charge is 2.22. The van der Waals surface area contributed by atoms with Crippen LogP contribution in [0, 0.1) is 0 Å². The highest BCUT2D eigenvalue weighted by molar-refractivity contribution is 7.12. The highest BCUT2D eigenvalue weighted by atomic mass is 35.5. The summed E-state index contributed by atoms with van der Waals surface area (Å²) >= 11 is 1.52. The first-order valence-electron chi connectivity index (χ1n) is 5.80. The zero-order valence-electron chi connectivity index (χ0n) is 10.0. The van der Waals surface area contributed by atoms with Crippen LogP contribution in [0.15, 0.2) is 17.5 Å². The molecule has 0 aromatic carbocycles. The maximum absolute atomic E-state index is 12.1. The van der Waals surface area contributed by atoms with E-state index in [1.807, 2.05) is 29.5 Å². The fourth-order valence-electron chi connectivity index (χ4n) is 2.13. The van der Waals surface area contributed by atoms with Crippen molar-refractivity contribution in [1.29, 1.82) is 0 Å². The molecule has 2 heterocycles. The lowest BCUT2D eigenvalue weighted by atomic mass is 10.1. The summed E-state index contributed by atoms with van der Waals surface area (Å²) in [5.74, 6) is 0.168. The molecule has 1 aromatic rings. The molecule has 0 saturated carbocycles. The van der Waals surface area contributed by atoms with E-state index < -0.39 is 0 Å². The summed E-state index contributed by atoms with van der Waals surface area (Å²) < 4.78 is 0. The zero-order chi connectivity index (χ0) is 11.4. The monoisotopic (exact) mass is 274 g/mol. The SMILES string of the molecule is CN(C(=O)c1cccs1)C1CCCNCC1.Cl. The van der Waals surface area contributed by atoms with E-state index in [2.05, 4.69) is 5.32 Å². The van der Waals surface area contributed by atoms with Gasteiger partial charge in [-0.15, -0.1) is 23.7 Å². The van der Waals surface area contributed by atoms with Crippen molar-refractivity contribution in [3.05, 3.63) is 22.4 Å². The van der Waals surface area contributed by atoms with Gasteiger partial charge in [0, 0.05) is 13.1 Å². The Hall–Kier alpha value is -0.580. The molecule has 1 saturated heterocycles. The number of hydrogen-bond acceptors (Lipinski definition) is 3. The van der Waals surface area contributed by atoms with E-state index in [4.69, 9.17) is 0 Å². The number of halogens is 1. The van der Waals surface area contributed by atoms with Crippen molar-refractivity contribution in [2.45, 2.75) is 25.3 Å². The van der Waals surface area contributed by atoms with E-state index >= 15 is 0 Å².